The van der Waals surface area contributed by atoms with Gasteiger partial charge in [0.2, 0.25) is 0 Å². The van der Waals surface area contributed by atoms with E-state index in [1.807, 2.05) is 6.92 Å². The highest BCUT2D eigenvalue weighted by Gasteiger charge is 2.28. The van der Waals surface area contributed by atoms with Crippen molar-refractivity contribution in [1.29, 1.82) is 0 Å². The Kier molecular flexibility index (Phi) is 4.11. The van der Waals surface area contributed by atoms with Gasteiger partial charge in [-0.3, -0.25) is 4.79 Å². The van der Waals surface area contributed by atoms with E-state index in [4.69, 9.17) is 18.0 Å². The number of rotatable bonds is 4. The average Bonchev–Trinajstić information content (AvgIpc) is 2.29. The van der Waals surface area contributed by atoms with Crippen LogP contribution in [0, 0.1) is 5.82 Å². The molecule has 1 rings (SSSR count). The van der Waals surface area contributed by atoms with Crippen LogP contribution < -0.4 is 11.1 Å². The lowest BCUT2D eigenvalue weighted by molar-refractivity contribution is 0.0921. The highest BCUT2D eigenvalue weighted by Crippen LogP contribution is 2.10. The van der Waals surface area contributed by atoms with E-state index in [0.717, 1.165) is 6.20 Å². The second-order valence-electron chi connectivity index (χ2n) is 3.87. The predicted octanol–water partition coefficient (Wildman–Crippen LogP) is 1.41. The fraction of sp³-hybridized carbons (Fsp3) is 0.364. The number of nitrogens with one attached hydrogen (secondary N) is 1. The molecule has 4 nitrogen and oxygen atoms in total. The molecule has 1 heterocycles. The molecule has 1 amide bonds. The van der Waals surface area contributed by atoms with Crippen LogP contribution in [0.1, 0.15) is 30.8 Å². The molecule has 17 heavy (non-hydrogen) atoms. The zero-order valence-electron chi connectivity index (χ0n) is 9.66. The number of aromatic nitrogens is 1. The van der Waals surface area contributed by atoms with E-state index in [1.54, 1.807) is 6.92 Å². The lowest BCUT2D eigenvalue weighted by atomic mass is 9.99. The molecular formula is C11H14FN3OS. The normalized spacial score (nSPS) is 13.8. The van der Waals surface area contributed by atoms with Gasteiger partial charge in [0.05, 0.1) is 16.7 Å². The first-order valence-electron chi connectivity index (χ1n) is 5.13. The third kappa shape index (κ3) is 3.20. The van der Waals surface area contributed by atoms with Crippen LogP contribution in [0.5, 0.6) is 0 Å². The predicted molar refractivity (Wildman–Crippen MR) is 67.1 cm³/mol. The van der Waals surface area contributed by atoms with Crippen molar-refractivity contribution in [3.05, 3.63) is 29.8 Å². The Balaban J connectivity index is 2.85. The first kappa shape index (κ1) is 13.5. The Morgan fingerprint density at radius 1 is 1.65 bits per heavy atom. The number of nitrogens with two attached hydrogens (primary N) is 1. The summed E-state index contributed by atoms with van der Waals surface area (Å²) in [6.45, 7) is 3.59. The Labute approximate surface area is 104 Å². The van der Waals surface area contributed by atoms with Crippen LogP contribution in [0.15, 0.2) is 18.3 Å². The standard InChI is InChI=1S/C11H14FN3OS/c1-3-11(2,10(13)17)15-9(16)8-5-4-7(12)6-14-8/h4-6H,3H2,1-2H3,(H2,13,17)(H,15,16). The van der Waals surface area contributed by atoms with Gasteiger partial charge in [0.15, 0.2) is 0 Å². The largest absolute Gasteiger partial charge is 0.391 e. The van der Waals surface area contributed by atoms with Crippen LogP contribution in [0.4, 0.5) is 4.39 Å². The Morgan fingerprint density at radius 2 is 2.29 bits per heavy atom. The van der Waals surface area contributed by atoms with Crippen LogP contribution in [-0.4, -0.2) is 21.4 Å². The molecule has 0 aliphatic rings. The van der Waals surface area contributed by atoms with E-state index in [9.17, 15) is 9.18 Å². The van der Waals surface area contributed by atoms with Crippen molar-refractivity contribution in [3.63, 3.8) is 0 Å². The van der Waals surface area contributed by atoms with E-state index in [1.165, 1.54) is 12.1 Å². The summed E-state index contributed by atoms with van der Waals surface area (Å²) in [6.07, 6.45) is 1.55. The summed E-state index contributed by atoms with van der Waals surface area (Å²) >= 11 is 4.90. The van der Waals surface area contributed by atoms with E-state index in [-0.39, 0.29) is 10.7 Å². The second-order valence-corrected chi connectivity index (χ2v) is 4.31. The van der Waals surface area contributed by atoms with E-state index in [2.05, 4.69) is 10.3 Å². The zero-order chi connectivity index (χ0) is 13.1. The van der Waals surface area contributed by atoms with Gasteiger partial charge in [-0.05, 0) is 25.5 Å². The van der Waals surface area contributed by atoms with Gasteiger partial charge in [0.1, 0.15) is 11.5 Å². The summed E-state index contributed by atoms with van der Waals surface area (Å²) in [7, 11) is 0. The number of hydrogen-bond acceptors (Lipinski definition) is 3. The number of carbonyl (C=O) groups excluding carboxylic acids is 1. The molecule has 1 unspecified atom stereocenters. The molecule has 0 spiro atoms. The summed E-state index contributed by atoms with van der Waals surface area (Å²) in [6, 6.07) is 2.48. The van der Waals surface area contributed by atoms with Crippen LogP contribution in [0.3, 0.4) is 0 Å². The Hall–Kier alpha value is -1.56. The maximum atomic E-state index is 12.6. The smallest absolute Gasteiger partial charge is 0.270 e. The minimum absolute atomic E-state index is 0.127. The summed E-state index contributed by atoms with van der Waals surface area (Å²) in [5.74, 6) is -0.920. The lowest BCUT2D eigenvalue weighted by Gasteiger charge is -2.28. The van der Waals surface area contributed by atoms with Crippen molar-refractivity contribution >= 4 is 23.1 Å². The van der Waals surface area contributed by atoms with Crippen molar-refractivity contribution < 1.29 is 9.18 Å². The minimum atomic E-state index is -0.761. The number of amides is 1. The fourth-order valence-electron chi connectivity index (χ4n) is 1.15. The van der Waals surface area contributed by atoms with Crippen LogP contribution in [-0.2, 0) is 0 Å². The number of pyridine rings is 1. The SMILES string of the molecule is CCC(C)(NC(=O)c1ccc(F)cn1)C(N)=S. The number of halogens is 1. The van der Waals surface area contributed by atoms with Gasteiger partial charge >= 0.3 is 0 Å². The molecule has 0 fully saturated rings. The van der Waals surface area contributed by atoms with Crippen molar-refractivity contribution in [3.8, 4) is 0 Å². The van der Waals surface area contributed by atoms with Crippen LogP contribution >= 0.6 is 12.2 Å². The van der Waals surface area contributed by atoms with Crippen molar-refractivity contribution in [1.82, 2.24) is 10.3 Å². The maximum Gasteiger partial charge on any atom is 0.270 e. The van der Waals surface area contributed by atoms with Gasteiger partial charge in [-0.2, -0.15) is 0 Å². The van der Waals surface area contributed by atoms with Gasteiger partial charge in [0, 0.05) is 0 Å². The molecule has 0 aliphatic carbocycles. The van der Waals surface area contributed by atoms with E-state index < -0.39 is 17.3 Å². The molecule has 0 aromatic carbocycles. The molecule has 3 N–H and O–H groups in total. The summed E-state index contributed by atoms with van der Waals surface area (Å²) < 4.78 is 12.6. The summed E-state index contributed by atoms with van der Waals surface area (Å²) in [5, 5.41) is 2.69. The Morgan fingerprint density at radius 3 is 2.71 bits per heavy atom. The third-order valence-electron chi connectivity index (χ3n) is 2.60. The second kappa shape index (κ2) is 5.18. The molecule has 6 heteroatoms. The molecule has 0 radical (unpaired) electrons. The fourth-order valence-corrected chi connectivity index (χ4v) is 1.34. The number of hydrogen-bond donors (Lipinski definition) is 2. The molecule has 0 saturated carbocycles. The molecule has 0 aliphatic heterocycles. The Bertz CT molecular complexity index is 435. The first-order chi connectivity index (χ1) is 7.89. The van der Waals surface area contributed by atoms with Gasteiger partial charge in [-0.1, -0.05) is 19.1 Å². The number of nitrogens with zero attached hydrogens (tertiary/aromatic N) is 1. The highest BCUT2D eigenvalue weighted by atomic mass is 32.1. The number of carbonyl (C=O) groups is 1. The van der Waals surface area contributed by atoms with Crippen molar-refractivity contribution in [2.45, 2.75) is 25.8 Å². The van der Waals surface area contributed by atoms with Gasteiger partial charge in [-0.25, -0.2) is 9.37 Å². The maximum absolute atomic E-state index is 12.6. The zero-order valence-corrected chi connectivity index (χ0v) is 10.5. The van der Waals surface area contributed by atoms with Gasteiger partial charge < -0.3 is 11.1 Å². The summed E-state index contributed by atoms with van der Waals surface area (Å²) in [4.78, 5) is 15.7. The van der Waals surface area contributed by atoms with Crippen LogP contribution in [0.2, 0.25) is 0 Å². The quantitative estimate of drug-likeness (QED) is 0.798. The topological polar surface area (TPSA) is 68.0 Å². The lowest BCUT2D eigenvalue weighted by Crippen LogP contribution is -2.54. The third-order valence-corrected chi connectivity index (χ3v) is 3.05. The van der Waals surface area contributed by atoms with Crippen molar-refractivity contribution in [2.75, 3.05) is 0 Å². The minimum Gasteiger partial charge on any atom is -0.391 e. The van der Waals surface area contributed by atoms with Gasteiger partial charge in [-0.15, -0.1) is 0 Å². The molecule has 1 aromatic rings. The van der Waals surface area contributed by atoms with Crippen LogP contribution in [0.25, 0.3) is 0 Å². The van der Waals surface area contributed by atoms with Gasteiger partial charge in [0.25, 0.3) is 5.91 Å². The van der Waals surface area contributed by atoms with E-state index >= 15 is 0 Å². The van der Waals surface area contributed by atoms with Crippen molar-refractivity contribution in [2.24, 2.45) is 5.73 Å². The molecule has 0 saturated heterocycles. The molecular weight excluding hydrogens is 241 g/mol. The van der Waals surface area contributed by atoms with E-state index in [0.29, 0.717) is 6.42 Å². The molecule has 92 valence electrons. The average molecular weight is 255 g/mol. The molecule has 1 aromatic heterocycles. The number of thiocarbonyl (C=S) groups is 1. The monoisotopic (exact) mass is 255 g/mol. The highest BCUT2D eigenvalue weighted by molar-refractivity contribution is 7.80. The molecule has 0 bridgehead atoms. The molecule has 1 atom stereocenters. The summed E-state index contributed by atoms with van der Waals surface area (Å²) in [5.41, 5.74) is 4.93. The first-order valence-corrected chi connectivity index (χ1v) is 5.54.